The fourth-order valence-corrected chi connectivity index (χ4v) is 5.19. The number of alkyl halides is 11. The lowest BCUT2D eigenvalue weighted by Crippen LogP contribution is -2.46. The molecule has 6 nitrogen and oxygen atoms in total. The van der Waals surface area contributed by atoms with Crippen molar-refractivity contribution in [1.82, 2.24) is 0 Å². The number of rotatable bonds is 4. The molecule has 1 saturated heterocycles. The Morgan fingerprint density at radius 1 is 0.868 bits per heavy atom. The van der Waals surface area contributed by atoms with Gasteiger partial charge in [-0.15, -0.1) is 0 Å². The van der Waals surface area contributed by atoms with E-state index in [0.717, 1.165) is 0 Å². The first-order valence-electron chi connectivity index (χ1n) is 10.5. The van der Waals surface area contributed by atoms with E-state index in [4.69, 9.17) is 4.74 Å². The summed E-state index contributed by atoms with van der Waals surface area (Å²) in [7, 11) is 0. The maximum atomic E-state index is 13.6. The van der Waals surface area contributed by atoms with Crippen molar-refractivity contribution in [1.29, 1.82) is 0 Å². The third-order valence-corrected chi connectivity index (χ3v) is 6.65. The highest BCUT2D eigenvalue weighted by molar-refractivity contribution is 5.87. The fourth-order valence-electron chi connectivity index (χ4n) is 5.19. The van der Waals surface area contributed by atoms with E-state index in [9.17, 15) is 62.7 Å². The Morgan fingerprint density at radius 2 is 1.39 bits per heavy atom. The van der Waals surface area contributed by atoms with Crippen molar-refractivity contribution in [2.45, 2.75) is 50.0 Å². The molecule has 4 rings (SSSR count). The Labute approximate surface area is 204 Å². The Morgan fingerprint density at radius 3 is 1.84 bits per heavy atom. The van der Waals surface area contributed by atoms with Gasteiger partial charge in [0.2, 0.25) is 0 Å². The first kappa shape index (κ1) is 27.9. The predicted molar refractivity (Wildman–Crippen MR) is 96.0 cm³/mol. The lowest BCUT2D eigenvalue weighted by Gasteiger charge is -2.31. The van der Waals surface area contributed by atoms with Crippen LogP contribution in [0.4, 0.5) is 48.3 Å². The zero-order chi connectivity index (χ0) is 28.7. The second-order valence-electron chi connectivity index (χ2n) is 9.09. The summed E-state index contributed by atoms with van der Waals surface area (Å²) in [5.74, 6) is -17.2. The second kappa shape index (κ2) is 8.43. The minimum atomic E-state index is -5.87. The summed E-state index contributed by atoms with van der Waals surface area (Å²) in [5, 5.41) is 0. The molecule has 0 amide bonds. The number of carbonyl (C=O) groups excluding carboxylic acids is 3. The molecule has 1 aromatic rings. The maximum Gasteiger partial charge on any atom is 0.420 e. The van der Waals surface area contributed by atoms with Crippen molar-refractivity contribution in [3.63, 3.8) is 0 Å². The average Bonchev–Trinajstić information content (AvgIpc) is 3.34. The molecule has 0 aromatic heterocycles. The molecule has 1 aliphatic heterocycles. The first-order chi connectivity index (χ1) is 17.1. The molecule has 210 valence electrons. The summed E-state index contributed by atoms with van der Waals surface area (Å²) in [6.45, 7) is 0.166. The summed E-state index contributed by atoms with van der Waals surface area (Å²) in [6, 6.07) is -1.35. The number of carbonyl (C=O) groups is 3. The van der Waals surface area contributed by atoms with Gasteiger partial charge in [0, 0.05) is 18.8 Å². The van der Waals surface area contributed by atoms with Gasteiger partial charge >= 0.3 is 42.4 Å². The topological polar surface area (TPSA) is 78.9 Å². The van der Waals surface area contributed by atoms with Crippen molar-refractivity contribution in [3.05, 3.63) is 28.8 Å². The lowest BCUT2D eigenvalue weighted by molar-refractivity contribution is -0.185. The molecule has 3 aliphatic rings. The monoisotopic (exact) mass is 570 g/mol. The van der Waals surface area contributed by atoms with Crippen LogP contribution in [-0.4, -0.2) is 36.0 Å². The maximum absolute atomic E-state index is 13.6. The fraction of sp³-hybridized carbons (Fsp3) is 0.571. The van der Waals surface area contributed by atoms with Crippen molar-refractivity contribution < 1.29 is 76.9 Å². The van der Waals surface area contributed by atoms with Crippen LogP contribution >= 0.6 is 0 Å². The van der Waals surface area contributed by atoms with Crippen molar-refractivity contribution in [3.8, 4) is 5.75 Å². The van der Waals surface area contributed by atoms with Gasteiger partial charge in [0.1, 0.15) is 12.2 Å². The molecule has 17 heteroatoms. The van der Waals surface area contributed by atoms with Crippen molar-refractivity contribution >= 4 is 17.9 Å². The van der Waals surface area contributed by atoms with Gasteiger partial charge in [0.25, 0.3) is 0 Å². The van der Waals surface area contributed by atoms with Gasteiger partial charge in [-0.1, -0.05) is 0 Å². The Hall–Kier alpha value is -3.14. The van der Waals surface area contributed by atoms with Gasteiger partial charge in [-0.05, 0) is 18.6 Å². The molecule has 38 heavy (non-hydrogen) atoms. The van der Waals surface area contributed by atoms with E-state index in [1.807, 2.05) is 0 Å². The van der Waals surface area contributed by atoms with Crippen LogP contribution in [0, 0.1) is 23.7 Å². The number of fused-ring (bicyclic) bond motifs is 1. The lowest BCUT2D eigenvalue weighted by atomic mass is 9.78. The summed E-state index contributed by atoms with van der Waals surface area (Å²) in [6.07, 6.45) is -20.6. The molecular formula is C21H13F11O6. The molecule has 1 aromatic carbocycles. The van der Waals surface area contributed by atoms with Gasteiger partial charge in [-0.2, -0.15) is 48.3 Å². The molecular weight excluding hydrogens is 557 g/mol. The molecule has 2 bridgehead atoms. The van der Waals surface area contributed by atoms with Crippen LogP contribution in [0.25, 0.3) is 0 Å². The van der Waals surface area contributed by atoms with E-state index >= 15 is 0 Å². The Bertz CT molecular complexity index is 1150. The van der Waals surface area contributed by atoms with E-state index in [1.165, 1.54) is 0 Å². The van der Waals surface area contributed by atoms with Crippen LogP contribution in [0.3, 0.4) is 0 Å². The highest BCUT2D eigenvalue weighted by Crippen LogP contribution is 2.59. The molecule has 3 fully saturated rings. The molecule has 0 spiro atoms. The number of halogens is 11. The number of hydrogen-bond donors (Lipinski definition) is 0. The van der Waals surface area contributed by atoms with E-state index in [-0.39, 0.29) is 13.3 Å². The van der Waals surface area contributed by atoms with E-state index in [0.29, 0.717) is 0 Å². The third kappa shape index (κ3) is 4.63. The van der Waals surface area contributed by atoms with Crippen molar-refractivity contribution in [2.75, 3.05) is 0 Å². The zero-order valence-corrected chi connectivity index (χ0v) is 18.4. The first-order valence-corrected chi connectivity index (χ1v) is 10.5. The van der Waals surface area contributed by atoms with Crippen LogP contribution in [0.1, 0.15) is 30.0 Å². The number of benzene rings is 1. The standard InChI is InChI=1S/C21H13F11O6/c1-18(22,23)17(35)38-13-7-4-6-10(15(33)36-12(6)13)11(7)16(34)37-14-8(20(27,28)29)2-5(19(24,25)26)3-9(14)21(30,31)32/h2-3,6-7,10-13H,4H2,1H3. The van der Waals surface area contributed by atoms with Gasteiger partial charge < -0.3 is 14.2 Å². The zero-order valence-electron chi connectivity index (χ0n) is 18.4. The summed E-state index contributed by atoms with van der Waals surface area (Å²) in [5.41, 5.74) is -7.47. The van der Waals surface area contributed by atoms with Crippen LogP contribution in [0.2, 0.25) is 0 Å². The summed E-state index contributed by atoms with van der Waals surface area (Å²) < 4.78 is 161. The van der Waals surface area contributed by atoms with Gasteiger partial charge in [0.05, 0.1) is 28.5 Å². The van der Waals surface area contributed by atoms with E-state index in [2.05, 4.69) is 9.47 Å². The average molecular weight is 570 g/mol. The second-order valence-corrected chi connectivity index (χ2v) is 9.09. The highest BCUT2D eigenvalue weighted by atomic mass is 19.4. The normalized spacial score (nSPS) is 28.9. The SMILES string of the molecule is CC(F)(F)C(=O)OC1C2CC3C1OC(=O)C3C2C(=O)Oc1c(C(F)(F)F)cc(C(F)(F)F)cc1C(F)(F)F. The smallest absolute Gasteiger partial charge is 0.420 e. The summed E-state index contributed by atoms with van der Waals surface area (Å²) in [4.78, 5) is 36.9. The summed E-state index contributed by atoms with van der Waals surface area (Å²) >= 11 is 0. The van der Waals surface area contributed by atoms with Gasteiger partial charge in [-0.25, -0.2) is 4.79 Å². The molecule has 6 unspecified atom stereocenters. The quantitative estimate of drug-likeness (QED) is 0.288. The minimum Gasteiger partial charge on any atom is -0.458 e. The third-order valence-electron chi connectivity index (χ3n) is 6.65. The van der Waals surface area contributed by atoms with Crippen LogP contribution < -0.4 is 4.74 Å². The van der Waals surface area contributed by atoms with E-state index in [1.54, 1.807) is 0 Å². The van der Waals surface area contributed by atoms with Crippen molar-refractivity contribution in [2.24, 2.45) is 23.7 Å². The molecule has 6 atom stereocenters. The molecule has 0 radical (unpaired) electrons. The minimum absolute atomic E-state index is 0.166. The molecule has 1 heterocycles. The number of ether oxygens (including phenoxy) is 3. The van der Waals surface area contributed by atoms with Gasteiger partial charge in [-0.3, -0.25) is 9.59 Å². The van der Waals surface area contributed by atoms with Crippen LogP contribution in [-0.2, 0) is 42.4 Å². The largest absolute Gasteiger partial charge is 0.458 e. The van der Waals surface area contributed by atoms with Crippen LogP contribution in [0.15, 0.2) is 12.1 Å². The molecule has 0 N–H and O–H groups in total. The van der Waals surface area contributed by atoms with Gasteiger partial charge in [0.15, 0.2) is 5.75 Å². The Kier molecular flexibility index (Phi) is 6.18. The Balaban J connectivity index is 1.75. The highest BCUT2D eigenvalue weighted by Gasteiger charge is 2.70. The predicted octanol–water partition coefficient (Wildman–Crippen LogP) is 5.02. The number of hydrogen-bond acceptors (Lipinski definition) is 6. The molecule has 2 saturated carbocycles. The van der Waals surface area contributed by atoms with Crippen LogP contribution in [0.5, 0.6) is 5.75 Å². The molecule has 2 aliphatic carbocycles. The van der Waals surface area contributed by atoms with E-state index < -0.39 is 113 Å². The number of esters is 3.